The number of hydrogen-bond donors (Lipinski definition) is 0. The van der Waals surface area contributed by atoms with Gasteiger partial charge in [-0.15, -0.1) is 0 Å². The summed E-state index contributed by atoms with van der Waals surface area (Å²) in [5.41, 5.74) is 2.07. The molecule has 7 nitrogen and oxygen atoms in total. The number of rotatable bonds is 5. The van der Waals surface area contributed by atoms with Crippen molar-refractivity contribution in [2.75, 3.05) is 30.0 Å². The van der Waals surface area contributed by atoms with E-state index in [1.165, 1.54) is 13.3 Å². The fraction of sp³-hybridized carbons (Fsp3) is 0.429. The molecule has 0 radical (unpaired) electrons. The van der Waals surface area contributed by atoms with E-state index in [0.717, 1.165) is 31.5 Å². The molecule has 0 bridgehead atoms. The molecule has 2 aromatic rings. The van der Waals surface area contributed by atoms with E-state index in [1.54, 1.807) is 23.1 Å². The summed E-state index contributed by atoms with van der Waals surface area (Å²) in [5.74, 6) is -0.199. The first-order chi connectivity index (χ1) is 13.8. The molecule has 1 amide bonds. The third-order valence-corrected chi connectivity index (χ3v) is 5.21. The summed E-state index contributed by atoms with van der Waals surface area (Å²) in [6.07, 6.45) is 3.65. The maximum atomic E-state index is 13.4. The van der Waals surface area contributed by atoms with E-state index in [0.29, 0.717) is 17.2 Å². The Morgan fingerprint density at radius 3 is 2.52 bits per heavy atom. The van der Waals surface area contributed by atoms with E-state index < -0.39 is 5.97 Å². The second kappa shape index (κ2) is 8.78. The number of anilines is 2. The highest BCUT2D eigenvalue weighted by atomic mass is 35.5. The highest BCUT2D eigenvalue weighted by Crippen LogP contribution is 2.28. The van der Waals surface area contributed by atoms with Gasteiger partial charge in [-0.3, -0.25) is 4.79 Å². The van der Waals surface area contributed by atoms with Crippen LogP contribution in [0.2, 0.25) is 5.02 Å². The summed E-state index contributed by atoms with van der Waals surface area (Å²) in [6.45, 7) is 7.43. The largest absolute Gasteiger partial charge is 0.465 e. The average Bonchev–Trinajstić information content (AvgIpc) is 3.23. The van der Waals surface area contributed by atoms with E-state index in [2.05, 4.69) is 14.9 Å². The molecule has 0 saturated carbocycles. The number of ether oxygens (including phenoxy) is 1. The lowest BCUT2D eigenvalue weighted by molar-refractivity contribution is 0.0600. The highest BCUT2D eigenvalue weighted by molar-refractivity contribution is 6.34. The van der Waals surface area contributed by atoms with Crippen molar-refractivity contribution in [1.29, 1.82) is 0 Å². The zero-order valence-electron chi connectivity index (χ0n) is 17.1. The number of aromatic nitrogens is 2. The van der Waals surface area contributed by atoms with Gasteiger partial charge < -0.3 is 14.5 Å². The Bertz CT molecular complexity index is 926. The SMILES string of the molecule is COC(=O)c1ccc(N(C(=O)c2nc(N3CCCC3)ncc2Cl)C(C)C)c(C)c1. The van der Waals surface area contributed by atoms with Crippen LogP contribution in [0.4, 0.5) is 11.6 Å². The third-order valence-electron chi connectivity index (χ3n) is 4.94. The minimum absolute atomic E-state index is 0.147. The molecular weight excluding hydrogens is 392 g/mol. The maximum Gasteiger partial charge on any atom is 0.337 e. The van der Waals surface area contributed by atoms with Crippen LogP contribution < -0.4 is 9.80 Å². The lowest BCUT2D eigenvalue weighted by Gasteiger charge is -2.29. The number of carbonyl (C=O) groups is 2. The van der Waals surface area contributed by atoms with E-state index in [1.807, 2.05) is 20.8 Å². The van der Waals surface area contributed by atoms with Crippen molar-refractivity contribution in [3.8, 4) is 0 Å². The number of amides is 1. The molecule has 0 atom stereocenters. The van der Waals surface area contributed by atoms with Gasteiger partial charge in [-0.2, -0.15) is 0 Å². The van der Waals surface area contributed by atoms with Crippen LogP contribution in [-0.2, 0) is 4.74 Å². The Balaban J connectivity index is 1.99. The second-order valence-electron chi connectivity index (χ2n) is 7.32. The first-order valence-electron chi connectivity index (χ1n) is 9.63. The molecule has 0 aliphatic carbocycles. The molecule has 1 aromatic heterocycles. The van der Waals surface area contributed by atoms with Gasteiger partial charge in [0, 0.05) is 24.8 Å². The van der Waals surface area contributed by atoms with E-state index in [4.69, 9.17) is 16.3 Å². The molecule has 154 valence electrons. The molecule has 1 saturated heterocycles. The second-order valence-corrected chi connectivity index (χ2v) is 7.73. The van der Waals surface area contributed by atoms with Crippen molar-refractivity contribution >= 4 is 35.1 Å². The van der Waals surface area contributed by atoms with Gasteiger partial charge in [0.25, 0.3) is 5.91 Å². The summed E-state index contributed by atoms with van der Waals surface area (Å²) >= 11 is 6.31. The predicted molar refractivity (Wildman–Crippen MR) is 113 cm³/mol. The van der Waals surface area contributed by atoms with Crippen molar-refractivity contribution < 1.29 is 14.3 Å². The molecule has 0 N–H and O–H groups in total. The van der Waals surface area contributed by atoms with Crippen LogP contribution in [0.5, 0.6) is 0 Å². The summed E-state index contributed by atoms with van der Waals surface area (Å²) < 4.78 is 4.77. The van der Waals surface area contributed by atoms with E-state index in [9.17, 15) is 9.59 Å². The molecule has 8 heteroatoms. The number of methoxy groups -OCH3 is 1. The van der Waals surface area contributed by atoms with Gasteiger partial charge in [-0.25, -0.2) is 14.8 Å². The molecule has 1 aliphatic rings. The van der Waals surface area contributed by atoms with Gasteiger partial charge in [0.15, 0.2) is 5.69 Å². The standard InChI is InChI=1S/C21H25ClN4O3/c1-13(2)26(17-8-7-15(11-14(17)3)20(28)29-4)19(27)18-16(22)12-23-21(24-18)25-9-5-6-10-25/h7-8,11-13H,5-6,9-10H2,1-4H3. The van der Waals surface area contributed by atoms with Crippen molar-refractivity contribution in [2.24, 2.45) is 0 Å². The first kappa shape index (κ1) is 21.0. The first-order valence-corrected chi connectivity index (χ1v) is 10.0. The Labute approximate surface area is 175 Å². The zero-order valence-corrected chi connectivity index (χ0v) is 17.9. The molecule has 1 aliphatic heterocycles. The fourth-order valence-corrected chi connectivity index (χ4v) is 3.66. The van der Waals surface area contributed by atoms with Gasteiger partial charge in [-0.05, 0) is 57.4 Å². The van der Waals surface area contributed by atoms with Gasteiger partial charge >= 0.3 is 5.97 Å². The molecule has 29 heavy (non-hydrogen) atoms. The molecule has 3 rings (SSSR count). The Morgan fingerprint density at radius 2 is 1.93 bits per heavy atom. The quantitative estimate of drug-likeness (QED) is 0.688. The van der Waals surface area contributed by atoms with Crippen LogP contribution in [-0.4, -0.2) is 48.1 Å². The van der Waals surface area contributed by atoms with Crippen molar-refractivity contribution in [2.45, 2.75) is 39.7 Å². The molecule has 2 heterocycles. The van der Waals surface area contributed by atoms with E-state index in [-0.39, 0.29) is 22.7 Å². The third kappa shape index (κ3) is 4.34. The Kier molecular flexibility index (Phi) is 6.37. The fourth-order valence-electron chi connectivity index (χ4n) is 3.48. The molecule has 0 unspecified atom stereocenters. The zero-order chi connectivity index (χ0) is 21.1. The van der Waals surface area contributed by atoms with Crippen molar-refractivity contribution in [3.05, 3.63) is 46.2 Å². The van der Waals surface area contributed by atoms with Crippen LogP contribution >= 0.6 is 11.6 Å². The molecular formula is C21H25ClN4O3. The number of aryl methyl sites for hydroxylation is 1. The lowest BCUT2D eigenvalue weighted by Crippen LogP contribution is -2.38. The maximum absolute atomic E-state index is 13.4. The van der Waals surface area contributed by atoms with Crippen LogP contribution in [0.1, 0.15) is 53.1 Å². The normalized spacial score (nSPS) is 13.7. The van der Waals surface area contributed by atoms with Gasteiger partial charge in [-0.1, -0.05) is 11.6 Å². The Hall–Kier alpha value is -2.67. The van der Waals surface area contributed by atoms with Crippen molar-refractivity contribution in [3.63, 3.8) is 0 Å². The van der Waals surface area contributed by atoms with Gasteiger partial charge in [0.2, 0.25) is 5.95 Å². The minimum Gasteiger partial charge on any atom is -0.465 e. The molecule has 1 aromatic carbocycles. The summed E-state index contributed by atoms with van der Waals surface area (Å²) in [4.78, 5) is 37.7. The van der Waals surface area contributed by atoms with Crippen LogP contribution in [0, 0.1) is 6.92 Å². The average molecular weight is 417 g/mol. The number of benzene rings is 1. The minimum atomic E-state index is -0.420. The lowest BCUT2D eigenvalue weighted by atomic mass is 10.1. The summed E-state index contributed by atoms with van der Waals surface area (Å²) in [7, 11) is 1.34. The monoisotopic (exact) mass is 416 g/mol. The molecule has 1 fully saturated rings. The van der Waals surface area contributed by atoms with Crippen LogP contribution in [0.25, 0.3) is 0 Å². The van der Waals surface area contributed by atoms with Gasteiger partial charge in [0.05, 0.1) is 23.9 Å². The number of esters is 1. The topological polar surface area (TPSA) is 75.6 Å². The predicted octanol–water partition coefficient (Wildman–Crippen LogP) is 3.88. The summed E-state index contributed by atoms with van der Waals surface area (Å²) in [5, 5.41) is 0.215. The van der Waals surface area contributed by atoms with Crippen molar-refractivity contribution in [1.82, 2.24) is 9.97 Å². The Morgan fingerprint density at radius 1 is 1.24 bits per heavy atom. The summed E-state index contributed by atoms with van der Waals surface area (Å²) in [6, 6.07) is 4.96. The highest BCUT2D eigenvalue weighted by Gasteiger charge is 2.27. The van der Waals surface area contributed by atoms with Crippen LogP contribution in [0.15, 0.2) is 24.4 Å². The molecule has 0 spiro atoms. The number of hydrogen-bond acceptors (Lipinski definition) is 6. The van der Waals surface area contributed by atoms with Gasteiger partial charge in [0.1, 0.15) is 0 Å². The number of nitrogens with zero attached hydrogens (tertiary/aromatic N) is 4. The smallest absolute Gasteiger partial charge is 0.337 e. The van der Waals surface area contributed by atoms with Crippen LogP contribution in [0.3, 0.4) is 0 Å². The van der Waals surface area contributed by atoms with E-state index >= 15 is 0 Å². The number of carbonyl (C=O) groups excluding carboxylic acids is 2. The number of halogens is 1.